The molecule has 1 heterocycles. The quantitative estimate of drug-likeness (QED) is 0.823. The predicted octanol–water partition coefficient (Wildman–Crippen LogP) is 1.36. The molecule has 4 amide bonds. The summed E-state index contributed by atoms with van der Waals surface area (Å²) >= 11 is 0. The fourth-order valence-corrected chi connectivity index (χ4v) is 3.15. The number of nitrogens with zero attached hydrogens (tertiary/aromatic N) is 2. The Bertz CT molecular complexity index is 716. The summed E-state index contributed by atoms with van der Waals surface area (Å²) in [7, 11) is 0. The van der Waals surface area contributed by atoms with Crippen molar-refractivity contribution in [2.24, 2.45) is 0 Å². The molecule has 1 saturated carbocycles. The van der Waals surface area contributed by atoms with Crippen LogP contribution in [0.1, 0.15) is 31.2 Å². The van der Waals surface area contributed by atoms with Crippen molar-refractivity contribution < 1.29 is 14.4 Å². The number of rotatable bonds is 3. The second kappa shape index (κ2) is 5.72. The van der Waals surface area contributed by atoms with E-state index in [4.69, 9.17) is 5.26 Å². The Balaban J connectivity index is 1.67. The summed E-state index contributed by atoms with van der Waals surface area (Å²) in [5, 5.41) is 14.2. The first-order valence-corrected chi connectivity index (χ1v) is 7.48. The monoisotopic (exact) mass is 312 g/mol. The van der Waals surface area contributed by atoms with Crippen molar-refractivity contribution in [1.82, 2.24) is 10.2 Å². The molecule has 0 unspecified atom stereocenters. The molecule has 0 radical (unpaired) electrons. The van der Waals surface area contributed by atoms with Crippen molar-refractivity contribution >= 4 is 23.5 Å². The molecule has 1 aliphatic carbocycles. The van der Waals surface area contributed by atoms with Crippen LogP contribution in [-0.4, -0.2) is 34.8 Å². The van der Waals surface area contributed by atoms with Crippen LogP contribution >= 0.6 is 0 Å². The highest BCUT2D eigenvalue weighted by molar-refractivity contribution is 6.10. The van der Waals surface area contributed by atoms with Crippen LogP contribution in [0, 0.1) is 11.3 Å². The lowest BCUT2D eigenvalue weighted by molar-refractivity contribution is -0.133. The molecule has 7 heteroatoms. The zero-order valence-corrected chi connectivity index (χ0v) is 12.5. The molecule has 0 atom stereocenters. The molecule has 1 spiro atoms. The minimum absolute atomic E-state index is 0.319. The Morgan fingerprint density at radius 1 is 1.35 bits per heavy atom. The minimum Gasteiger partial charge on any atom is -0.324 e. The third-order valence-corrected chi connectivity index (χ3v) is 4.28. The lowest BCUT2D eigenvalue weighted by Gasteiger charge is -2.19. The highest BCUT2D eigenvalue weighted by Crippen LogP contribution is 2.34. The number of urea groups is 1. The van der Waals surface area contributed by atoms with E-state index in [0.717, 1.165) is 17.7 Å². The van der Waals surface area contributed by atoms with E-state index in [0.29, 0.717) is 24.1 Å². The van der Waals surface area contributed by atoms with Crippen molar-refractivity contribution in [3.63, 3.8) is 0 Å². The molecule has 1 saturated heterocycles. The van der Waals surface area contributed by atoms with E-state index >= 15 is 0 Å². The van der Waals surface area contributed by atoms with Crippen LogP contribution in [-0.2, 0) is 9.59 Å². The number of hydrogen-bond acceptors (Lipinski definition) is 4. The maximum absolute atomic E-state index is 12.4. The third kappa shape index (κ3) is 2.75. The van der Waals surface area contributed by atoms with E-state index in [9.17, 15) is 14.4 Å². The summed E-state index contributed by atoms with van der Waals surface area (Å²) in [4.78, 5) is 37.5. The molecule has 7 nitrogen and oxygen atoms in total. The van der Waals surface area contributed by atoms with Gasteiger partial charge < -0.3 is 10.6 Å². The molecule has 0 aromatic heterocycles. The summed E-state index contributed by atoms with van der Waals surface area (Å²) in [5.74, 6) is -0.792. The summed E-state index contributed by atoms with van der Waals surface area (Å²) in [5.41, 5.74) is 0.0670. The first-order valence-electron chi connectivity index (χ1n) is 7.48. The van der Waals surface area contributed by atoms with Crippen LogP contribution in [0.2, 0.25) is 0 Å². The highest BCUT2D eigenvalue weighted by Gasteiger charge is 2.52. The van der Waals surface area contributed by atoms with Crippen LogP contribution in [0.3, 0.4) is 0 Å². The Kier molecular flexibility index (Phi) is 3.74. The topological polar surface area (TPSA) is 102 Å². The van der Waals surface area contributed by atoms with Crippen molar-refractivity contribution in [3.05, 3.63) is 29.8 Å². The Morgan fingerprint density at radius 2 is 2.09 bits per heavy atom. The number of nitrogens with one attached hydrogen (secondary N) is 2. The van der Waals surface area contributed by atoms with Crippen molar-refractivity contribution in [2.75, 3.05) is 11.9 Å². The lowest BCUT2D eigenvalue weighted by atomic mass is 9.98. The number of carbonyl (C=O) groups excluding carboxylic acids is 3. The van der Waals surface area contributed by atoms with Gasteiger partial charge in [0.1, 0.15) is 12.1 Å². The summed E-state index contributed by atoms with van der Waals surface area (Å²) in [6.07, 6.45) is 3.04. The molecule has 1 aromatic carbocycles. The van der Waals surface area contributed by atoms with Gasteiger partial charge in [0.05, 0.1) is 11.6 Å². The van der Waals surface area contributed by atoms with Gasteiger partial charge in [-0.2, -0.15) is 5.26 Å². The number of carbonyl (C=O) groups is 3. The Hall–Kier alpha value is -2.88. The Labute approximate surface area is 133 Å². The second-order valence-electron chi connectivity index (χ2n) is 5.85. The molecule has 3 rings (SSSR count). The third-order valence-electron chi connectivity index (χ3n) is 4.28. The fourth-order valence-electron chi connectivity index (χ4n) is 3.15. The van der Waals surface area contributed by atoms with Gasteiger partial charge in [-0.05, 0) is 31.0 Å². The van der Waals surface area contributed by atoms with Gasteiger partial charge in [-0.1, -0.05) is 18.9 Å². The van der Waals surface area contributed by atoms with E-state index in [1.807, 2.05) is 6.07 Å². The first-order chi connectivity index (χ1) is 11.0. The van der Waals surface area contributed by atoms with Gasteiger partial charge in [-0.25, -0.2) is 4.79 Å². The normalized spacial score (nSPS) is 18.8. The van der Waals surface area contributed by atoms with E-state index < -0.39 is 17.5 Å². The largest absolute Gasteiger partial charge is 0.325 e. The Morgan fingerprint density at radius 3 is 2.78 bits per heavy atom. The zero-order chi connectivity index (χ0) is 16.4. The SMILES string of the molecule is N#Cc1cccc(NC(=O)CN2C(=O)NC3(CCCC3)C2=O)c1. The molecular weight excluding hydrogens is 296 g/mol. The van der Waals surface area contributed by atoms with Crippen LogP contribution in [0.15, 0.2) is 24.3 Å². The summed E-state index contributed by atoms with van der Waals surface area (Å²) in [6.45, 7) is -0.330. The maximum Gasteiger partial charge on any atom is 0.325 e. The number of anilines is 1. The number of amides is 4. The van der Waals surface area contributed by atoms with Gasteiger partial charge in [0, 0.05) is 5.69 Å². The zero-order valence-electron chi connectivity index (χ0n) is 12.5. The highest BCUT2D eigenvalue weighted by atomic mass is 16.2. The van der Waals surface area contributed by atoms with Gasteiger partial charge in [0.25, 0.3) is 5.91 Å². The molecule has 1 aromatic rings. The van der Waals surface area contributed by atoms with Crippen molar-refractivity contribution in [1.29, 1.82) is 5.26 Å². The van der Waals surface area contributed by atoms with E-state index in [2.05, 4.69) is 10.6 Å². The molecule has 23 heavy (non-hydrogen) atoms. The van der Waals surface area contributed by atoms with Crippen molar-refractivity contribution in [2.45, 2.75) is 31.2 Å². The van der Waals surface area contributed by atoms with Gasteiger partial charge in [-0.15, -0.1) is 0 Å². The standard InChI is InChI=1S/C16H16N4O3/c17-9-11-4-3-5-12(8-11)18-13(21)10-20-14(22)16(19-15(20)23)6-1-2-7-16/h3-5,8H,1-2,6-7,10H2,(H,18,21)(H,19,23). The van der Waals surface area contributed by atoms with Gasteiger partial charge in [0.2, 0.25) is 5.91 Å². The van der Waals surface area contributed by atoms with Gasteiger partial charge in [-0.3, -0.25) is 14.5 Å². The molecule has 2 fully saturated rings. The predicted molar refractivity (Wildman–Crippen MR) is 81.2 cm³/mol. The number of imide groups is 1. The number of hydrogen-bond donors (Lipinski definition) is 2. The molecule has 0 bridgehead atoms. The summed E-state index contributed by atoms with van der Waals surface area (Å²) < 4.78 is 0. The summed E-state index contributed by atoms with van der Waals surface area (Å²) in [6, 6.07) is 7.91. The van der Waals surface area contributed by atoms with E-state index in [-0.39, 0.29) is 12.5 Å². The lowest BCUT2D eigenvalue weighted by Crippen LogP contribution is -2.44. The van der Waals surface area contributed by atoms with Gasteiger partial charge in [0.15, 0.2) is 0 Å². The van der Waals surface area contributed by atoms with Crippen LogP contribution < -0.4 is 10.6 Å². The average Bonchev–Trinajstić information content (AvgIpc) is 3.09. The minimum atomic E-state index is -0.807. The van der Waals surface area contributed by atoms with E-state index in [1.165, 1.54) is 6.07 Å². The molecular formula is C16H16N4O3. The smallest absolute Gasteiger partial charge is 0.324 e. The fraction of sp³-hybridized carbons (Fsp3) is 0.375. The first kappa shape index (κ1) is 15.0. The van der Waals surface area contributed by atoms with E-state index in [1.54, 1.807) is 18.2 Å². The molecule has 2 aliphatic rings. The molecule has 1 aliphatic heterocycles. The van der Waals surface area contributed by atoms with Crippen LogP contribution in [0.5, 0.6) is 0 Å². The molecule has 118 valence electrons. The van der Waals surface area contributed by atoms with Crippen LogP contribution in [0.4, 0.5) is 10.5 Å². The molecule has 2 N–H and O–H groups in total. The van der Waals surface area contributed by atoms with Crippen molar-refractivity contribution in [3.8, 4) is 6.07 Å². The average molecular weight is 312 g/mol. The second-order valence-corrected chi connectivity index (χ2v) is 5.85. The van der Waals surface area contributed by atoms with Crippen LogP contribution in [0.25, 0.3) is 0 Å². The van der Waals surface area contributed by atoms with Gasteiger partial charge >= 0.3 is 6.03 Å². The number of nitriles is 1. The number of benzene rings is 1. The maximum atomic E-state index is 12.4.